The summed E-state index contributed by atoms with van der Waals surface area (Å²) < 4.78 is 0. The van der Waals surface area contributed by atoms with Crippen molar-refractivity contribution >= 4 is 33.6 Å². The summed E-state index contributed by atoms with van der Waals surface area (Å²) in [5, 5.41) is 20.1. The van der Waals surface area contributed by atoms with Crippen molar-refractivity contribution in [3.63, 3.8) is 0 Å². The van der Waals surface area contributed by atoms with Crippen molar-refractivity contribution in [2.45, 2.75) is 25.6 Å². The lowest BCUT2D eigenvalue weighted by atomic mass is 9.90. The van der Waals surface area contributed by atoms with Crippen LogP contribution in [0.3, 0.4) is 0 Å². The average molecular weight is 344 g/mol. The number of aliphatic imine (C=N–C) groups is 1. The Balaban J connectivity index is 1.75. The second-order valence-electron chi connectivity index (χ2n) is 6.04. The minimum atomic E-state index is -1.55. The molecule has 1 aromatic carbocycles. The summed E-state index contributed by atoms with van der Waals surface area (Å²) in [5.41, 5.74) is 0.637. The highest BCUT2D eigenvalue weighted by Crippen LogP contribution is 2.43. The monoisotopic (exact) mass is 344 g/mol. The zero-order valence-corrected chi connectivity index (χ0v) is 13.8. The van der Waals surface area contributed by atoms with Crippen molar-refractivity contribution in [2.75, 3.05) is 11.4 Å². The molecule has 1 unspecified atom stereocenters. The number of amidine groups is 1. The second-order valence-corrected chi connectivity index (χ2v) is 7.28. The number of carbonyl (C=O) groups excluding carboxylic acids is 1. The highest BCUT2D eigenvalue weighted by atomic mass is 32.1. The Labute approximate surface area is 142 Å². The topological polar surface area (TPSA) is 82.4 Å². The van der Waals surface area contributed by atoms with E-state index in [1.165, 1.54) is 11.3 Å². The molecule has 2 N–H and O–H groups in total. The molecule has 1 fully saturated rings. The molecule has 24 heavy (non-hydrogen) atoms. The van der Waals surface area contributed by atoms with E-state index in [2.05, 4.69) is 9.88 Å². The Bertz CT molecular complexity index is 843. The second kappa shape index (κ2) is 5.49. The smallest absolute Gasteiger partial charge is 0.205 e. The van der Waals surface area contributed by atoms with Crippen LogP contribution in [0.4, 0.5) is 10.7 Å². The van der Waals surface area contributed by atoms with Crippen molar-refractivity contribution in [3.05, 3.63) is 46.3 Å². The van der Waals surface area contributed by atoms with E-state index in [4.69, 9.17) is 5.26 Å². The summed E-state index contributed by atoms with van der Waals surface area (Å²) in [7, 11) is 0. The Hall–Kier alpha value is -2.06. The third kappa shape index (κ3) is 2.21. The van der Waals surface area contributed by atoms with E-state index in [0.717, 1.165) is 16.1 Å². The number of ketones is 1. The van der Waals surface area contributed by atoms with Crippen LogP contribution in [0.5, 0.6) is 0 Å². The molecule has 0 spiro atoms. The molecule has 0 amide bonds. The van der Waals surface area contributed by atoms with E-state index >= 15 is 0 Å². The number of aliphatic hydroxyl groups is 1. The van der Waals surface area contributed by atoms with Gasteiger partial charge in [-0.1, -0.05) is 12.1 Å². The highest BCUT2D eigenvalue weighted by molar-refractivity contribution is 7.16. The summed E-state index contributed by atoms with van der Waals surface area (Å²) in [5.74, 6) is 0.132. The fraction of sp³-hybridized carbons (Fsp3) is 0.294. The summed E-state index contributed by atoms with van der Waals surface area (Å²) in [6.07, 6.45) is 0.320. The van der Waals surface area contributed by atoms with Crippen molar-refractivity contribution < 1.29 is 20.0 Å². The van der Waals surface area contributed by atoms with Gasteiger partial charge in [-0.3, -0.25) is 10.1 Å². The predicted octanol–water partition coefficient (Wildman–Crippen LogP) is 2.91. The first-order chi connectivity index (χ1) is 11.5. The van der Waals surface area contributed by atoms with E-state index in [-0.39, 0.29) is 12.4 Å². The van der Waals surface area contributed by atoms with Gasteiger partial charge in [-0.2, -0.15) is 0 Å². The van der Waals surface area contributed by atoms with Crippen molar-refractivity contribution in [3.8, 4) is 0 Å². The zero-order chi connectivity index (χ0) is 16.9. The molecular weight excluding hydrogens is 328 g/mol. The minimum absolute atomic E-state index is 0.113. The molecule has 0 bridgehead atoms. The largest absolute Gasteiger partial charge is 0.374 e. The van der Waals surface area contributed by atoms with Gasteiger partial charge in [0.05, 0.1) is 5.56 Å². The summed E-state index contributed by atoms with van der Waals surface area (Å²) in [6.45, 7) is 2.56. The van der Waals surface area contributed by atoms with Gasteiger partial charge < -0.3 is 10.0 Å². The highest BCUT2D eigenvalue weighted by Gasteiger charge is 2.52. The molecule has 1 aromatic heterocycles. The number of carbonyl (C=O) groups is 1. The lowest BCUT2D eigenvalue weighted by Crippen LogP contribution is -2.48. The van der Waals surface area contributed by atoms with Crippen LogP contribution >= 0.6 is 11.3 Å². The number of fused-ring (bicyclic) bond motifs is 2. The molecule has 6 nitrogen and oxygen atoms in total. The molecule has 3 heterocycles. The number of Topliss-reactive ketones (excluding diaryl/α,β-unsaturated/α-hetero) is 1. The van der Waals surface area contributed by atoms with E-state index < -0.39 is 5.60 Å². The number of rotatable bonds is 3. The van der Waals surface area contributed by atoms with Gasteiger partial charge in [0, 0.05) is 23.5 Å². The molecule has 0 radical (unpaired) electrons. The molecule has 0 saturated carbocycles. The maximum Gasteiger partial charge on any atom is 0.205 e. The van der Waals surface area contributed by atoms with Crippen molar-refractivity contribution in [1.29, 1.82) is 0 Å². The van der Waals surface area contributed by atoms with Crippen molar-refractivity contribution in [2.24, 2.45) is 4.99 Å². The molecule has 2 aromatic rings. The van der Waals surface area contributed by atoms with Gasteiger partial charge >= 0.3 is 0 Å². The number of nitrogens with zero attached hydrogens (tertiary/aromatic N) is 2. The summed E-state index contributed by atoms with van der Waals surface area (Å²) in [6, 6.07) is 9.18. The maximum absolute atomic E-state index is 12.8. The summed E-state index contributed by atoms with van der Waals surface area (Å²) in [4.78, 5) is 24.4. The summed E-state index contributed by atoms with van der Waals surface area (Å²) >= 11 is 1.46. The van der Waals surface area contributed by atoms with Gasteiger partial charge in [-0.05, 0) is 30.7 Å². The number of anilines is 1. The van der Waals surface area contributed by atoms with Gasteiger partial charge in [-0.15, -0.1) is 11.3 Å². The van der Waals surface area contributed by atoms with Crippen LogP contribution < -0.4 is 4.90 Å². The molecule has 1 saturated heterocycles. The lowest BCUT2D eigenvalue weighted by Gasteiger charge is -2.28. The number of hydrogen-bond acceptors (Lipinski definition) is 7. The lowest BCUT2D eigenvalue weighted by molar-refractivity contribution is -0.253. The van der Waals surface area contributed by atoms with Crippen LogP contribution in [-0.2, 0) is 11.5 Å². The van der Waals surface area contributed by atoms with Crippen LogP contribution in [-0.4, -0.2) is 34.1 Å². The fourth-order valence-corrected chi connectivity index (χ4v) is 4.12. The quantitative estimate of drug-likeness (QED) is 0.661. The SMILES string of the molecule is Cc1cc2c(s1)N=C1N(c3ccc(COO)cc3)CCC1(O)C2=O. The van der Waals surface area contributed by atoms with Gasteiger partial charge in [0.25, 0.3) is 0 Å². The van der Waals surface area contributed by atoms with E-state index in [1.807, 2.05) is 36.1 Å². The van der Waals surface area contributed by atoms with Crippen LogP contribution in [0.2, 0.25) is 0 Å². The minimum Gasteiger partial charge on any atom is -0.374 e. The molecule has 0 aliphatic carbocycles. The third-order valence-electron chi connectivity index (χ3n) is 4.47. The Morgan fingerprint density at radius 1 is 1.38 bits per heavy atom. The van der Waals surface area contributed by atoms with Gasteiger partial charge in [0.15, 0.2) is 11.4 Å². The number of thiophene rings is 1. The molecule has 1 atom stereocenters. The van der Waals surface area contributed by atoms with E-state index in [0.29, 0.717) is 29.4 Å². The first kappa shape index (κ1) is 15.5. The van der Waals surface area contributed by atoms with Crippen LogP contribution in [0.15, 0.2) is 35.3 Å². The van der Waals surface area contributed by atoms with Gasteiger partial charge in [-0.25, -0.2) is 9.88 Å². The van der Waals surface area contributed by atoms with E-state index in [1.54, 1.807) is 6.07 Å². The molecule has 124 valence electrons. The maximum atomic E-state index is 12.8. The van der Waals surface area contributed by atoms with Gasteiger partial charge in [0.1, 0.15) is 11.6 Å². The first-order valence-corrected chi connectivity index (χ1v) is 8.44. The molecule has 2 aliphatic heterocycles. The fourth-order valence-electron chi connectivity index (χ4n) is 3.25. The molecular formula is C17H16N2O4S. The zero-order valence-electron chi connectivity index (χ0n) is 13.0. The number of hydrogen-bond donors (Lipinski definition) is 2. The standard InChI is InChI=1S/C17H16N2O4S/c1-10-8-13-14(20)17(21)6-7-19(16(17)18-15(13)24-10)12-4-2-11(3-5-12)9-23-22/h2-5,8,21-22H,6-7,9H2,1H3. The van der Waals surface area contributed by atoms with Crippen molar-refractivity contribution in [1.82, 2.24) is 0 Å². The Morgan fingerprint density at radius 2 is 2.12 bits per heavy atom. The average Bonchev–Trinajstić information content (AvgIpc) is 3.10. The van der Waals surface area contributed by atoms with Crippen LogP contribution in [0, 0.1) is 6.92 Å². The normalized spacial score (nSPS) is 22.4. The number of benzene rings is 1. The van der Waals surface area contributed by atoms with E-state index in [9.17, 15) is 9.90 Å². The first-order valence-electron chi connectivity index (χ1n) is 7.62. The molecule has 2 aliphatic rings. The Kier molecular flexibility index (Phi) is 3.54. The molecule has 7 heteroatoms. The molecule has 4 rings (SSSR count). The Morgan fingerprint density at radius 3 is 2.83 bits per heavy atom. The number of aryl methyl sites for hydroxylation is 1. The predicted molar refractivity (Wildman–Crippen MR) is 91.3 cm³/mol. The van der Waals surface area contributed by atoms with Crippen LogP contribution in [0.25, 0.3) is 0 Å². The third-order valence-corrected chi connectivity index (χ3v) is 5.41. The van der Waals surface area contributed by atoms with Crippen LogP contribution in [0.1, 0.15) is 27.2 Å². The van der Waals surface area contributed by atoms with Gasteiger partial charge in [0.2, 0.25) is 5.78 Å².